The maximum atomic E-state index is 13.5. The van der Waals surface area contributed by atoms with Gasteiger partial charge in [0.2, 0.25) is 0 Å². The van der Waals surface area contributed by atoms with Crippen LogP contribution < -0.4 is 4.74 Å². The molecule has 0 amide bonds. The number of ether oxygens (including phenoxy) is 3. The molecule has 28 heavy (non-hydrogen) atoms. The van der Waals surface area contributed by atoms with Crippen LogP contribution in [0.25, 0.3) is 10.9 Å². The Balaban J connectivity index is 1.68. The molecule has 6 nitrogen and oxygen atoms in total. The van der Waals surface area contributed by atoms with Gasteiger partial charge in [0.15, 0.2) is 0 Å². The van der Waals surface area contributed by atoms with Crippen molar-refractivity contribution in [3.8, 4) is 5.75 Å². The van der Waals surface area contributed by atoms with E-state index in [9.17, 15) is 4.79 Å². The lowest BCUT2D eigenvalue weighted by Gasteiger charge is -2.59. The molecule has 7 rings (SSSR count). The molecule has 2 aromatic rings. The summed E-state index contributed by atoms with van der Waals surface area (Å²) in [4.78, 5) is 19.6. The van der Waals surface area contributed by atoms with Crippen molar-refractivity contribution >= 4 is 16.9 Å². The van der Waals surface area contributed by atoms with Gasteiger partial charge in [0.05, 0.1) is 20.3 Å². The molecule has 5 bridgehead atoms. The van der Waals surface area contributed by atoms with Gasteiger partial charge in [0.1, 0.15) is 17.4 Å². The number of hydrogen-bond donors (Lipinski definition) is 1. The lowest BCUT2D eigenvalue weighted by atomic mass is 9.55. The first kappa shape index (κ1) is 16.9. The Kier molecular flexibility index (Phi) is 3.32. The minimum Gasteiger partial charge on any atom is -0.497 e. The standard InChI is InChI=1S/C22H26N2O4/c1-4-11-7-12-9-22(21(25)27-3)18-17(16-10-24(19(11)22)20(12)28-16)14-8-13(26-2)5-6-15(14)23-18/h5-6,8,11-12,16,19-20,23H,4,7,9-10H2,1-3H3/t11-,12+,16-,19-,20+,22+/m0/s1. The van der Waals surface area contributed by atoms with Crippen LogP contribution in [-0.4, -0.2) is 48.9 Å². The van der Waals surface area contributed by atoms with Crippen LogP contribution in [0.5, 0.6) is 5.75 Å². The first-order chi connectivity index (χ1) is 13.6. The smallest absolute Gasteiger partial charge is 0.319 e. The molecule has 6 heteroatoms. The highest BCUT2D eigenvalue weighted by molar-refractivity contribution is 5.93. The molecule has 0 radical (unpaired) electrons. The number of aromatic nitrogens is 1. The quantitative estimate of drug-likeness (QED) is 0.827. The number of piperidine rings is 2. The highest BCUT2D eigenvalue weighted by atomic mass is 16.5. The predicted octanol–water partition coefficient (Wildman–Crippen LogP) is 3.12. The van der Waals surface area contributed by atoms with Crippen LogP contribution in [0.3, 0.4) is 0 Å². The summed E-state index contributed by atoms with van der Waals surface area (Å²) in [6.45, 7) is 3.09. The van der Waals surface area contributed by atoms with Gasteiger partial charge < -0.3 is 19.2 Å². The SMILES string of the molecule is CC[C@H]1C[C@@H]2C[C@@]3(C(=O)OC)c4[nH]c5ccc(OC)cc5c4[C@@H]4CN([C@@H]2O4)[C@@H]13. The number of nitrogens with one attached hydrogen (secondary N) is 1. The molecule has 1 aromatic carbocycles. The van der Waals surface area contributed by atoms with Gasteiger partial charge in [-0.3, -0.25) is 9.69 Å². The largest absolute Gasteiger partial charge is 0.497 e. The molecule has 1 saturated carbocycles. The summed E-state index contributed by atoms with van der Waals surface area (Å²) in [5, 5.41) is 1.10. The predicted molar refractivity (Wildman–Crippen MR) is 103 cm³/mol. The lowest BCUT2D eigenvalue weighted by Crippen LogP contribution is -2.69. The average molecular weight is 382 g/mol. The van der Waals surface area contributed by atoms with E-state index in [2.05, 4.69) is 22.9 Å². The van der Waals surface area contributed by atoms with Crippen LogP contribution in [0.1, 0.15) is 43.5 Å². The summed E-state index contributed by atoms with van der Waals surface area (Å²) in [7, 11) is 3.21. The van der Waals surface area contributed by atoms with E-state index >= 15 is 0 Å². The Morgan fingerprint density at radius 2 is 2.25 bits per heavy atom. The van der Waals surface area contributed by atoms with Crippen LogP contribution in [0.2, 0.25) is 0 Å². The number of methoxy groups -OCH3 is 2. The van der Waals surface area contributed by atoms with E-state index in [1.165, 1.54) is 7.11 Å². The third kappa shape index (κ3) is 1.79. The van der Waals surface area contributed by atoms with E-state index in [0.717, 1.165) is 53.7 Å². The molecule has 148 valence electrons. The number of rotatable bonds is 3. The Morgan fingerprint density at radius 3 is 3.00 bits per heavy atom. The fraction of sp³-hybridized carbons (Fsp3) is 0.591. The van der Waals surface area contributed by atoms with E-state index in [0.29, 0.717) is 11.8 Å². The molecular weight excluding hydrogens is 356 g/mol. The second-order valence-electron chi connectivity index (χ2n) is 8.81. The van der Waals surface area contributed by atoms with Gasteiger partial charge in [-0.05, 0) is 37.0 Å². The first-order valence-corrected chi connectivity index (χ1v) is 10.3. The second kappa shape index (κ2) is 5.51. The lowest BCUT2D eigenvalue weighted by molar-refractivity contribution is -0.189. The molecule has 3 saturated heterocycles. The number of esters is 1. The third-order valence-electron chi connectivity index (χ3n) is 7.80. The van der Waals surface area contributed by atoms with Gasteiger partial charge in [-0.25, -0.2) is 0 Å². The molecule has 5 aliphatic rings. The van der Waals surface area contributed by atoms with Crippen LogP contribution in [0.15, 0.2) is 18.2 Å². The number of hydrogen-bond acceptors (Lipinski definition) is 5. The molecule has 1 N–H and O–H groups in total. The minimum absolute atomic E-state index is 0.0201. The molecule has 0 spiro atoms. The van der Waals surface area contributed by atoms with E-state index in [1.807, 2.05) is 12.1 Å². The Morgan fingerprint density at radius 1 is 1.39 bits per heavy atom. The van der Waals surface area contributed by atoms with E-state index in [4.69, 9.17) is 14.2 Å². The van der Waals surface area contributed by atoms with Crippen molar-refractivity contribution in [3.05, 3.63) is 29.5 Å². The maximum absolute atomic E-state index is 13.5. The van der Waals surface area contributed by atoms with Crippen molar-refractivity contribution in [2.45, 2.75) is 50.0 Å². The zero-order valence-corrected chi connectivity index (χ0v) is 16.5. The maximum Gasteiger partial charge on any atom is 0.319 e. The minimum atomic E-state index is -0.644. The number of H-pyrrole nitrogens is 1. The third-order valence-corrected chi connectivity index (χ3v) is 7.80. The number of aromatic amines is 1. The number of carbonyl (C=O) groups excluding carboxylic acids is 1. The summed E-state index contributed by atoms with van der Waals surface area (Å²) < 4.78 is 17.6. The topological polar surface area (TPSA) is 63.8 Å². The summed E-state index contributed by atoms with van der Waals surface area (Å²) in [5.74, 6) is 1.56. The second-order valence-corrected chi connectivity index (χ2v) is 8.81. The Bertz CT molecular complexity index is 984. The highest BCUT2D eigenvalue weighted by Crippen LogP contribution is 2.62. The molecular formula is C22H26N2O4. The van der Waals surface area contributed by atoms with Crippen LogP contribution >= 0.6 is 0 Å². The normalized spacial score (nSPS) is 39.8. The first-order valence-electron chi connectivity index (χ1n) is 10.3. The van der Waals surface area contributed by atoms with Gasteiger partial charge in [0, 0.05) is 40.7 Å². The summed E-state index contributed by atoms with van der Waals surface area (Å²) >= 11 is 0. The van der Waals surface area contributed by atoms with Crippen LogP contribution in [-0.2, 0) is 19.7 Å². The van der Waals surface area contributed by atoms with E-state index in [-0.39, 0.29) is 24.3 Å². The summed E-state index contributed by atoms with van der Waals surface area (Å²) in [6.07, 6.45) is 3.10. The highest BCUT2D eigenvalue weighted by Gasteiger charge is 2.69. The zero-order valence-electron chi connectivity index (χ0n) is 16.5. The fourth-order valence-electron chi connectivity index (χ4n) is 6.84. The molecule has 5 heterocycles. The van der Waals surface area contributed by atoms with Gasteiger partial charge in [-0.15, -0.1) is 0 Å². The summed E-state index contributed by atoms with van der Waals surface area (Å²) in [6, 6.07) is 6.20. The van der Waals surface area contributed by atoms with Gasteiger partial charge in [0.25, 0.3) is 0 Å². The molecule has 7 atom stereocenters. The van der Waals surface area contributed by atoms with Crippen molar-refractivity contribution in [1.29, 1.82) is 0 Å². The Hall–Kier alpha value is -2.05. The molecule has 1 unspecified atom stereocenters. The number of carbonyl (C=O) groups is 1. The van der Waals surface area contributed by atoms with E-state index in [1.54, 1.807) is 7.11 Å². The average Bonchev–Trinajstić information content (AvgIpc) is 3.31. The number of benzene rings is 1. The van der Waals surface area contributed by atoms with Gasteiger partial charge >= 0.3 is 5.97 Å². The summed E-state index contributed by atoms with van der Waals surface area (Å²) in [5.41, 5.74) is 2.53. The Labute approximate surface area is 164 Å². The van der Waals surface area contributed by atoms with Crippen molar-refractivity contribution in [2.75, 3.05) is 20.8 Å². The number of nitrogens with zero attached hydrogens (tertiary/aromatic N) is 1. The van der Waals surface area contributed by atoms with Crippen molar-refractivity contribution in [2.24, 2.45) is 11.8 Å². The van der Waals surface area contributed by atoms with Gasteiger partial charge in [-0.1, -0.05) is 13.3 Å². The van der Waals surface area contributed by atoms with Crippen LogP contribution in [0, 0.1) is 11.8 Å². The van der Waals surface area contributed by atoms with Gasteiger partial charge in [-0.2, -0.15) is 0 Å². The van der Waals surface area contributed by atoms with E-state index < -0.39 is 5.41 Å². The fourth-order valence-corrected chi connectivity index (χ4v) is 6.84. The molecule has 1 aromatic heterocycles. The number of fused-ring (bicyclic) bond motifs is 6. The monoisotopic (exact) mass is 382 g/mol. The molecule has 4 aliphatic heterocycles. The van der Waals surface area contributed by atoms with Crippen molar-refractivity contribution in [3.63, 3.8) is 0 Å². The van der Waals surface area contributed by atoms with Crippen molar-refractivity contribution in [1.82, 2.24) is 9.88 Å². The zero-order chi connectivity index (χ0) is 19.2. The van der Waals surface area contributed by atoms with Crippen LogP contribution in [0.4, 0.5) is 0 Å². The molecule has 4 fully saturated rings. The van der Waals surface area contributed by atoms with Crippen molar-refractivity contribution < 1.29 is 19.0 Å². The molecule has 1 aliphatic carbocycles.